The molecule has 0 saturated carbocycles. The van der Waals surface area contributed by atoms with Crippen LogP contribution in [0.15, 0.2) is 41.4 Å². The number of ketones is 1. The lowest BCUT2D eigenvalue weighted by Gasteiger charge is -2.12. The summed E-state index contributed by atoms with van der Waals surface area (Å²) in [5, 5.41) is 0. The molecule has 5 heteroatoms. The summed E-state index contributed by atoms with van der Waals surface area (Å²) in [5.41, 5.74) is 3.23. The lowest BCUT2D eigenvalue weighted by molar-refractivity contribution is 0.0921. The molecule has 0 aliphatic heterocycles. The molecule has 0 radical (unpaired) electrons. The fourth-order valence-corrected chi connectivity index (χ4v) is 2.24. The van der Waals surface area contributed by atoms with Gasteiger partial charge in [0.15, 0.2) is 12.4 Å². The number of ether oxygens (including phenoxy) is 1. The van der Waals surface area contributed by atoms with Crippen LogP contribution in [0, 0.1) is 19.7 Å². The molecule has 0 unspecified atom stereocenters. The lowest BCUT2D eigenvalue weighted by atomic mass is 10.0. The number of aryl methyl sites for hydroxylation is 2. The van der Waals surface area contributed by atoms with E-state index in [1.54, 1.807) is 6.34 Å². The Kier molecular flexibility index (Phi) is 6.28. The Balaban J connectivity index is 2.10. The topological polar surface area (TPSA) is 41.9 Å². The summed E-state index contributed by atoms with van der Waals surface area (Å²) in [6.45, 7) is 6.64. The Morgan fingerprint density at radius 2 is 1.88 bits per heavy atom. The van der Waals surface area contributed by atoms with Crippen LogP contribution in [0.1, 0.15) is 28.4 Å². The van der Waals surface area contributed by atoms with Gasteiger partial charge in [0.2, 0.25) is 0 Å². The summed E-state index contributed by atoms with van der Waals surface area (Å²) in [6.07, 6.45) is 1.78. The quantitative estimate of drug-likeness (QED) is 0.428. The zero-order valence-electron chi connectivity index (χ0n) is 15.0. The minimum atomic E-state index is -0.338. The monoisotopic (exact) mass is 342 g/mol. The summed E-state index contributed by atoms with van der Waals surface area (Å²) in [5.74, 6) is 0.00841. The number of aliphatic imine (C=N–C) groups is 1. The summed E-state index contributed by atoms with van der Waals surface area (Å²) in [6, 6.07) is 9.35. The maximum atomic E-state index is 12.9. The number of Topliss-reactive ketones (excluding diaryl/α,β-unsaturated/α-hetero) is 1. The molecule has 0 fully saturated rings. The molecule has 0 aromatic heterocycles. The van der Waals surface area contributed by atoms with Gasteiger partial charge in [-0.1, -0.05) is 0 Å². The SMILES string of the molecule is CCN(C)/C=N/c1cc(C)c(C(=O)COc2ccc(F)cc2)cc1C. The van der Waals surface area contributed by atoms with E-state index in [0.717, 1.165) is 23.4 Å². The maximum absolute atomic E-state index is 12.9. The number of hydrogen-bond donors (Lipinski definition) is 0. The van der Waals surface area contributed by atoms with E-state index < -0.39 is 0 Å². The number of rotatable bonds is 7. The molecule has 2 aromatic carbocycles. The third kappa shape index (κ3) is 5.14. The molecule has 0 heterocycles. The number of benzene rings is 2. The number of carbonyl (C=O) groups excluding carboxylic acids is 1. The minimum Gasteiger partial charge on any atom is -0.485 e. The van der Waals surface area contributed by atoms with Crippen molar-refractivity contribution in [1.29, 1.82) is 0 Å². The Morgan fingerprint density at radius 3 is 2.52 bits per heavy atom. The Hall–Kier alpha value is -2.69. The molecule has 0 bridgehead atoms. The highest BCUT2D eigenvalue weighted by molar-refractivity contribution is 5.99. The second-order valence-electron chi connectivity index (χ2n) is 5.94. The van der Waals surface area contributed by atoms with E-state index in [-0.39, 0.29) is 18.2 Å². The van der Waals surface area contributed by atoms with Gasteiger partial charge in [-0.05, 0) is 68.3 Å². The van der Waals surface area contributed by atoms with Crippen molar-refractivity contribution in [1.82, 2.24) is 4.90 Å². The minimum absolute atomic E-state index is 0.0902. The normalized spacial score (nSPS) is 10.9. The predicted octanol–water partition coefficient (Wildman–Crippen LogP) is 4.32. The van der Waals surface area contributed by atoms with Crippen LogP contribution < -0.4 is 4.74 Å². The maximum Gasteiger partial charge on any atom is 0.200 e. The molecule has 0 aliphatic rings. The van der Waals surface area contributed by atoms with Crippen molar-refractivity contribution in [2.75, 3.05) is 20.2 Å². The second kappa shape index (κ2) is 8.42. The van der Waals surface area contributed by atoms with Crippen LogP contribution in [0.2, 0.25) is 0 Å². The zero-order valence-corrected chi connectivity index (χ0v) is 15.0. The molecule has 2 aromatic rings. The third-order valence-electron chi connectivity index (χ3n) is 3.92. The highest BCUT2D eigenvalue weighted by Gasteiger charge is 2.12. The summed E-state index contributed by atoms with van der Waals surface area (Å²) in [7, 11) is 1.95. The van der Waals surface area contributed by atoms with E-state index in [1.165, 1.54) is 24.3 Å². The van der Waals surface area contributed by atoms with Crippen molar-refractivity contribution in [2.45, 2.75) is 20.8 Å². The lowest BCUT2D eigenvalue weighted by Crippen LogP contribution is -2.14. The highest BCUT2D eigenvalue weighted by Crippen LogP contribution is 2.24. The molecular formula is C20H23FN2O2. The van der Waals surface area contributed by atoms with Crippen molar-refractivity contribution < 1.29 is 13.9 Å². The molecule has 2 rings (SSSR count). The molecule has 0 amide bonds. The molecule has 0 saturated heterocycles. The summed E-state index contributed by atoms with van der Waals surface area (Å²) >= 11 is 0. The molecule has 25 heavy (non-hydrogen) atoms. The van der Waals surface area contributed by atoms with E-state index in [0.29, 0.717) is 11.3 Å². The van der Waals surface area contributed by atoms with E-state index >= 15 is 0 Å². The van der Waals surface area contributed by atoms with Crippen LogP contribution in [0.4, 0.5) is 10.1 Å². The Bertz CT molecular complexity index is 770. The molecule has 0 spiro atoms. The number of halogens is 1. The van der Waals surface area contributed by atoms with E-state index in [9.17, 15) is 9.18 Å². The number of nitrogens with zero attached hydrogens (tertiary/aromatic N) is 2. The first-order valence-electron chi connectivity index (χ1n) is 8.18. The Labute approximate surface area is 148 Å². The largest absolute Gasteiger partial charge is 0.485 e. The van der Waals surface area contributed by atoms with E-state index in [1.807, 2.05) is 44.9 Å². The fraction of sp³-hybridized carbons (Fsp3) is 0.300. The van der Waals surface area contributed by atoms with Crippen LogP contribution in [-0.2, 0) is 0 Å². The van der Waals surface area contributed by atoms with Crippen molar-refractivity contribution in [3.63, 3.8) is 0 Å². The fourth-order valence-electron chi connectivity index (χ4n) is 2.24. The first-order valence-corrected chi connectivity index (χ1v) is 8.18. The number of hydrogen-bond acceptors (Lipinski definition) is 3. The van der Waals surface area contributed by atoms with Gasteiger partial charge in [-0.3, -0.25) is 4.79 Å². The first kappa shape index (κ1) is 18.6. The molecule has 0 aliphatic carbocycles. The standard InChI is InChI=1S/C20H23FN2O2/c1-5-23(4)13-22-19-11-14(2)18(10-15(19)3)20(24)12-25-17-8-6-16(21)7-9-17/h6-11,13H,5,12H2,1-4H3/b22-13+. The third-order valence-corrected chi connectivity index (χ3v) is 3.92. The predicted molar refractivity (Wildman–Crippen MR) is 98.6 cm³/mol. The van der Waals surface area contributed by atoms with E-state index in [4.69, 9.17) is 4.74 Å². The smallest absolute Gasteiger partial charge is 0.200 e. The van der Waals surface area contributed by atoms with Crippen LogP contribution in [0.25, 0.3) is 0 Å². The average molecular weight is 342 g/mol. The molecule has 132 valence electrons. The van der Waals surface area contributed by atoms with Crippen molar-refractivity contribution in [3.8, 4) is 5.75 Å². The van der Waals surface area contributed by atoms with Crippen molar-refractivity contribution >= 4 is 17.8 Å². The van der Waals surface area contributed by atoms with Crippen LogP contribution in [0.5, 0.6) is 5.75 Å². The van der Waals surface area contributed by atoms with Gasteiger partial charge in [0.25, 0.3) is 0 Å². The van der Waals surface area contributed by atoms with Gasteiger partial charge in [0, 0.05) is 19.2 Å². The molecule has 0 atom stereocenters. The molecule has 0 N–H and O–H groups in total. The highest BCUT2D eigenvalue weighted by atomic mass is 19.1. The Morgan fingerprint density at radius 1 is 1.20 bits per heavy atom. The van der Waals surface area contributed by atoms with Gasteiger partial charge in [0.1, 0.15) is 11.6 Å². The van der Waals surface area contributed by atoms with Crippen LogP contribution >= 0.6 is 0 Å². The average Bonchev–Trinajstić information content (AvgIpc) is 2.61. The molecular weight excluding hydrogens is 319 g/mol. The van der Waals surface area contributed by atoms with Gasteiger partial charge < -0.3 is 9.64 Å². The van der Waals surface area contributed by atoms with Crippen LogP contribution in [0.3, 0.4) is 0 Å². The summed E-state index contributed by atoms with van der Waals surface area (Å²) < 4.78 is 18.3. The molecule has 4 nitrogen and oxygen atoms in total. The number of carbonyl (C=O) groups is 1. The van der Waals surface area contributed by atoms with E-state index in [2.05, 4.69) is 4.99 Å². The van der Waals surface area contributed by atoms with Crippen molar-refractivity contribution in [3.05, 3.63) is 58.9 Å². The summed E-state index contributed by atoms with van der Waals surface area (Å²) in [4.78, 5) is 18.9. The van der Waals surface area contributed by atoms with Gasteiger partial charge >= 0.3 is 0 Å². The van der Waals surface area contributed by atoms with Crippen molar-refractivity contribution in [2.24, 2.45) is 4.99 Å². The van der Waals surface area contributed by atoms with Gasteiger partial charge in [-0.25, -0.2) is 9.38 Å². The first-order chi connectivity index (χ1) is 11.9. The van der Waals surface area contributed by atoms with Gasteiger partial charge in [0.05, 0.1) is 12.0 Å². The zero-order chi connectivity index (χ0) is 18.4. The van der Waals surface area contributed by atoms with Crippen LogP contribution in [-0.4, -0.2) is 37.2 Å². The second-order valence-corrected chi connectivity index (χ2v) is 5.94. The van der Waals surface area contributed by atoms with Gasteiger partial charge in [-0.15, -0.1) is 0 Å². The van der Waals surface area contributed by atoms with Gasteiger partial charge in [-0.2, -0.15) is 0 Å².